The van der Waals surface area contributed by atoms with Crippen molar-refractivity contribution in [2.75, 3.05) is 13.1 Å². The molecule has 0 bridgehead atoms. The number of halogens is 1. The van der Waals surface area contributed by atoms with Crippen molar-refractivity contribution < 1.29 is 8.83 Å². The van der Waals surface area contributed by atoms with Crippen molar-refractivity contribution in [1.29, 1.82) is 0 Å². The smallest absolute Gasteiger partial charge is 0.283 e. The number of hydrogen-bond donors (Lipinski definition) is 1. The molecule has 1 fully saturated rings. The van der Waals surface area contributed by atoms with Crippen LogP contribution in [-0.4, -0.2) is 34.2 Å². The van der Waals surface area contributed by atoms with Gasteiger partial charge < -0.3 is 14.6 Å². The Morgan fingerprint density at radius 1 is 1.38 bits per heavy atom. The number of aromatic nitrogens is 2. The van der Waals surface area contributed by atoms with Gasteiger partial charge in [-0.15, -0.1) is 10.2 Å². The third-order valence-electron chi connectivity index (χ3n) is 4.06. The molecule has 0 saturated carbocycles. The molecule has 3 heterocycles. The second-order valence-electron chi connectivity index (χ2n) is 5.50. The minimum atomic E-state index is 0.381. The van der Waals surface area contributed by atoms with Crippen LogP contribution in [0.15, 0.2) is 25.6 Å². The highest BCUT2D eigenvalue weighted by Gasteiger charge is 2.28. The lowest BCUT2D eigenvalue weighted by Crippen LogP contribution is -2.48. The van der Waals surface area contributed by atoms with E-state index >= 15 is 0 Å². The minimum Gasteiger partial charge on any atom is -0.444 e. The summed E-state index contributed by atoms with van der Waals surface area (Å²) in [4.78, 5) is 2.34. The van der Waals surface area contributed by atoms with Crippen LogP contribution in [0.5, 0.6) is 0 Å². The molecule has 3 rings (SSSR count). The van der Waals surface area contributed by atoms with Gasteiger partial charge in [-0.1, -0.05) is 6.92 Å². The SMILES string of the molecule is CC1CCCN(Cc2nnc(-c3ccc(Br)o3)o2)C1CN. The number of rotatable bonds is 4. The van der Waals surface area contributed by atoms with E-state index in [1.807, 2.05) is 0 Å². The van der Waals surface area contributed by atoms with Crippen LogP contribution >= 0.6 is 15.9 Å². The molecule has 1 saturated heterocycles. The number of furan rings is 1. The highest BCUT2D eigenvalue weighted by Crippen LogP contribution is 2.26. The quantitative estimate of drug-likeness (QED) is 0.908. The number of hydrogen-bond acceptors (Lipinski definition) is 6. The summed E-state index contributed by atoms with van der Waals surface area (Å²) in [6.45, 7) is 4.58. The van der Waals surface area contributed by atoms with Crippen LogP contribution in [0.25, 0.3) is 11.7 Å². The summed E-state index contributed by atoms with van der Waals surface area (Å²) in [5, 5.41) is 8.16. The molecule has 0 spiro atoms. The lowest BCUT2D eigenvalue weighted by molar-refractivity contribution is 0.0900. The van der Waals surface area contributed by atoms with E-state index in [0.717, 1.165) is 6.54 Å². The molecule has 2 aromatic heterocycles. The maximum atomic E-state index is 5.91. The second-order valence-corrected chi connectivity index (χ2v) is 6.28. The van der Waals surface area contributed by atoms with Crippen LogP contribution in [0.2, 0.25) is 0 Å². The van der Waals surface area contributed by atoms with E-state index in [1.54, 1.807) is 12.1 Å². The fraction of sp³-hybridized carbons (Fsp3) is 0.571. The van der Waals surface area contributed by atoms with E-state index < -0.39 is 0 Å². The Hall–Kier alpha value is -1.18. The molecule has 2 atom stereocenters. The van der Waals surface area contributed by atoms with E-state index in [-0.39, 0.29) is 0 Å². The summed E-state index contributed by atoms with van der Waals surface area (Å²) in [5.41, 5.74) is 5.91. The first-order valence-electron chi connectivity index (χ1n) is 7.19. The van der Waals surface area contributed by atoms with Crippen molar-refractivity contribution in [3.8, 4) is 11.7 Å². The standard InChI is InChI=1S/C14H19BrN4O2/c1-9-3-2-6-19(10(9)7-16)8-13-17-18-14(21-13)11-4-5-12(15)20-11/h4-5,9-10H,2-3,6-8,16H2,1H3. The Morgan fingerprint density at radius 3 is 2.95 bits per heavy atom. The highest BCUT2D eigenvalue weighted by molar-refractivity contribution is 9.10. The third-order valence-corrected chi connectivity index (χ3v) is 4.49. The van der Waals surface area contributed by atoms with Crippen LogP contribution in [0.4, 0.5) is 0 Å². The fourth-order valence-electron chi connectivity index (χ4n) is 2.93. The zero-order chi connectivity index (χ0) is 14.8. The van der Waals surface area contributed by atoms with E-state index in [2.05, 4.69) is 38.0 Å². The third kappa shape index (κ3) is 3.20. The number of piperidine rings is 1. The molecule has 21 heavy (non-hydrogen) atoms. The van der Waals surface area contributed by atoms with E-state index in [1.165, 1.54) is 12.8 Å². The largest absolute Gasteiger partial charge is 0.444 e. The van der Waals surface area contributed by atoms with Crippen LogP contribution in [-0.2, 0) is 6.54 Å². The first kappa shape index (κ1) is 14.7. The molecule has 0 amide bonds. The highest BCUT2D eigenvalue weighted by atomic mass is 79.9. The van der Waals surface area contributed by atoms with Crippen molar-refractivity contribution >= 4 is 15.9 Å². The van der Waals surface area contributed by atoms with Gasteiger partial charge in [0.1, 0.15) is 0 Å². The Kier molecular flexibility index (Phi) is 4.42. The van der Waals surface area contributed by atoms with Crippen molar-refractivity contribution in [3.63, 3.8) is 0 Å². The van der Waals surface area contributed by atoms with Crippen LogP contribution in [0.1, 0.15) is 25.7 Å². The monoisotopic (exact) mass is 354 g/mol. The average Bonchev–Trinajstić information content (AvgIpc) is 3.08. The lowest BCUT2D eigenvalue weighted by Gasteiger charge is -2.38. The van der Waals surface area contributed by atoms with Crippen LogP contribution in [0, 0.1) is 5.92 Å². The van der Waals surface area contributed by atoms with Gasteiger partial charge in [-0.3, -0.25) is 4.90 Å². The van der Waals surface area contributed by atoms with Crippen LogP contribution in [0.3, 0.4) is 0 Å². The molecule has 0 radical (unpaired) electrons. The molecule has 6 nitrogen and oxygen atoms in total. The fourth-order valence-corrected chi connectivity index (χ4v) is 3.24. The van der Waals surface area contributed by atoms with Gasteiger partial charge in [0, 0.05) is 12.6 Å². The molecule has 2 aromatic rings. The van der Waals surface area contributed by atoms with Gasteiger partial charge >= 0.3 is 0 Å². The number of nitrogens with two attached hydrogens (primary N) is 1. The molecular formula is C14H19BrN4O2. The van der Waals surface area contributed by atoms with Gasteiger partial charge in [-0.05, 0) is 53.4 Å². The summed E-state index contributed by atoms with van der Waals surface area (Å²) in [6, 6.07) is 3.98. The molecule has 0 aliphatic carbocycles. The first-order valence-corrected chi connectivity index (χ1v) is 7.99. The Morgan fingerprint density at radius 2 is 2.24 bits per heavy atom. The van der Waals surface area contributed by atoms with E-state index in [9.17, 15) is 0 Å². The predicted molar refractivity (Wildman–Crippen MR) is 81.4 cm³/mol. The maximum Gasteiger partial charge on any atom is 0.283 e. The summed E-state index contributed by atoms with van der Waals surface area (Å²) >= 11 is 3.26. The number of nitrogens with zero attached hydrogens (tertiary/aromatic N) is 3. The number of likely N-dealkylation sites (tertiary alicyclic amines) is 1. The zero-order valence-corrected chi connectivity index (χ0v) is 13.5. The van der Waals surface area contributed by atoms with Gasteiger partial charge in [0.15, 0.2) is 10.4 Å². The van der Waals surface area contributed by atoms with Gasteiger partial charge in [-0.2, -0.15) is 0 Å². The maximum absolute atomic E-state index is 5.91. The van der Waals surface area contributed by atoms with Crippen molar-refractivity contribution in [2.24, 2.45) is 11.7 Å². The molecule has 0 aromatic carbocycles. The molecular weight excluding hydrogens is 336 g/mol. The molecule has 2 unspecified atom stereocenters. The summed E-state index contributed by atoms with van der Waals surface area (Å²) in [7, 11) is 0. The minimum absolute atomic E-state index is 0.381. The Bertz CT molecular complexity index is 597. The van der Waals surface area contributed by atoms with Gasteiger partial charge in [-0.25, -0.2) is 0 Å². The van der Waals surface area contributed by atoms with E-state index in [4.69, 9.17) is 14.6 Å². The average molecular weight is 355 g/mol. The Balaban J connectivity index is 1.72. The summed E-state index contributed by atoms with van der Waals surface area (Å²) in [6.07, 6.45) is 2.41. The molecule has 7 heteroatoms. The summed E-state index contributed by atoms with van der Waals surface area (Å²) < 4.78 is 11.8. The normalized spacial score (nSPS) is 23.6. The zero-order valence-electron chi connectivity index (χ0n) is 12.0. The molecule has 2 N–H and O–H groups in total. The molecule has 114 valence electrons. The van der Waals surface area contributed by atoms with E-state index in [0.29, 0.717) is 47.3 Å². The predicted octanol–water partition coefficient (Wildman–Crippen LogP) is 2.65. The van der Waals surface area contributed by atoms with Crippen molar-refractivity contribution in [3.05, 3.63) is 22.7 Å². The Labute approximate surface area is 131 Å². The van der Waals surface area contributed by atoms with Crippen molar-refractivity contribution in [2.45, 2.75) is 32.4 Å². The lowest BCUT2D eigenvalue weighted by atomic mass is 9.91. The molecule has 1 aliphatic heterocycles. The topological polar surface area (TPSA) is 81.3 Å². The van der Waals surface area contributed by atoms with Gasteiger partial charge in [0.25, 0.3) is 5.89 Å². The first-order chi connectivity index (χ1) is 10.2. The molecule has 1 aliphatic rings. The summed E-state index contributed by atoms with van der Waals surface area (Å²) in [5.74, 6) is 2.19. The van der Waals surface area contributed by atoms with Crippen LogP contribution < -0.4 is 5.73 Å². The van der Waals surface area contributed by atoms with Crippen molar-refractivity contribution in [1.82, 2.24) is 15.1 Å². The van der Waals surface area contributed by atoms with Gasteiger partial charge in [0.05, 0.1) is 6.54 Å². The second kappa shape index (κ2) is 6.29. The van der Waals surface area contributed by atoms with Gasteiger partial charge in [0.2, 0.25) is 5.89 Å².